The molecule has 1 aromatic rings. The van der Waals surface area contributed by atoms with E-state index in [1.807, 2.05) is 0 Å². The topological polar surface area (TPSA) is 111 Å². The largest absolute Gasteiger partial charge is 0.477 e. The van der Waals surface area contributed by atoms with E-state index in [9.17, 15) is 19.7 Å². The normalized spacial score (nSPS) is 30.0. The maximum absolute atomic E-state index is 12.4. The summed E-state index contributed by atoms with van der Waals surface area (Å²) in [6, 6.07) is 3.93. The number of benzene rings is 1. The number of aryl methyl sites for hydroxylation is 1. The molecule has 2 N–H and O–H groups in total. The van der Waals surface area contributed by atoms with Gasteiger partial charge in [0.25, 0.3) is 5.91 Å². The molecule has 8 heteroatoms. The summed E-state index contributed by atoms with van der Waals surface area (Å²) in [5.74, 6) is 1.45. The fourth-order valence-electron chi connectivity index (χ4n) is 5.73. The summed E-state index contributed by atoms with van der Waals surface area (Å²) in [7, 11) is 0. The SMILES string of the molecule is Cc1ccc([N+](=O)[O-])c(OCC(=O)NC(=O)NC23CC4CC(CC(C4)C2)C3)c1. The lowest BCUT2D eigenvalue weighted by Gasteiger charge is -2.56. The molecule has 0 spiro atoms. The molecule has 0 aliphatic heterocycles. The molecule has 4 aliphatic rings. The van der Waals surface area contributed by atoms with Gasteiger partial charge in [-0.05, 0) is 74.8 Å². The van der Waals surface area contributed by atoms with Crippen molar-refractivity contribution in [3.8, 4) is 5.75 Å². The third-order valence-corrected chi connectivity index (χ3v) is 6.34. The predicted molar refractivity (Wildman–Crippen MR) is 101 cm³/mol. The number of imide groups is 1. The molecule has 0 radical (unpaired) electrons. The Bertz CT molecular complexity index is 787. The van der Waals surface area contributed by atoms with Gasteiger partial charge in [0, 0.05) is 11.6 Å². The number of ether oxygens (including phenoxy) is 1. The maximum Gasteiger partial charge on any atom is 0.321 e. The summed E-state index contributed by atoms with van der Waals surface area (Å²) in [6.45, 7) is 1.31. The highest BCUT2D eigenvalue weighted by Crippen LogP contribution is 2.55. The van der Waals surface area contributed by atoms with E-state index < -0.39 is 23.5 Å². The Balaban J connectivity index is 1.32. The van der Waals surface area contributed by atoms with Crippen molar-refractivity contribution in [3.05, 3.63) is 33.9 Å². The molecule has 5 rings (SSSR count). The maximum atomic E-state index is 12.4. The minimum atomic E-state index is -0.627. The van der Waals surface area contributed by atoms with Gasteiger partial charge in [0.15, 0.2) is 12.4 Å². The van der Waals surface area contributed by atoms with Gasteiger partial charge < -0.3 is 10.1 Å². The Hall–Kier alpha value is -2.64. The molecule has 0 saturated heterocycles. The fourth-order valence-corrected chi connectivity index (χ4v) is 5.73. The van der Waals surface area contributed by atoms with Gasteiger partial charge in [-0.15, -0.1) is 0 Å². The minimum absolute atomic E-state index is 0.0154. The third-order valence-electron chi connectivity index (χ3n) is 6.34. The van der Waals surface area contributed by atoms with Crippen molar-refractivity contribution < 1.29 is 19.2 Å². The lowest BCUT2D eigenvalue weighted by Crippen LogP contribution is -2.62. The van der Waals surface area contributed by atoms with Gasteiger partial charge in [-0.3, -0.25) is 20.2 Å². The first-order valence-corrected chi connectivity index (χ1v) is 9.82. The zero-order valence-electron chi connectivity index (χ0n) is 15.9. The number of nitrogens with zero attached hydrogens (tertiary/aromatic N) is 1. The number of nitrogens with one attached hydrogen (secondary N) is 2. The van der Waals surface area contributed by atoms with Crippen LogP contribution in [0.4, 0.5) is 10.5 Å². The standard InChI is InChI=1S/C20H25N3O5/c1-12-2-3-16(23(26)27)17(4-12)28-11-18(24)21-19(25)22-20-8-13-5-14(9-20)7-15(6-13)10-20/h2-4,13-15H,5-11H2,1H3,(H2,21,22,24,25). The van der Waals surface area contributed by atoms with Gasteiger partial charge in [-0.25, -0.2) is 4.79 Å². The number of amides is 3. The number of carbonyl (C=O) groups is 2. The van der Waals surface area contributed by atoms with E-state index in [-0.39, 0.29) is 17.0 Å². The molecule has 0 unspecified atom stereocenters. The zero-order valence-corrected chi connectivity index (χ0v) is 15.9. The van der Waals surface area contributed by atoms with Crippen LogP contribution in [0.15, 0.2) is 18.2 Å². The van der Waals surface area contributed by atoms with Crippen LogP contribution in [0.2, 0.25) is 0 Å². The highest BCUT2D eigenvalue weighted by Gasteiger charge is 2.51. The van der Waals surface area contributed by atoms with Crippen LogP contribution in [-0.4, -0.2) is 29.0 Å². The van der Waals surface area contributed by atoms with E-state index in [4.69, 9.17) is 4.74 Å². The van der Waals surface area contributed by atoms with Gasteiger partial charge in [-0.1, -0.05) is 6.07 Å². The monoisotopic (exact) mass is 387 g/mol. The number of urea groups is 1. The molecule has 0 aromatic heterocycles. The van der Waals surface area contributed by atoms with E-state index in [2.05, 4.69) is 10.6 Å². The molecule has 28 heavy (non-hydrogen) atoms. The molecule has 4 aliphatic carbocycles. The molecule has 8 nitrogen and oxygen atoms in total. The number of hydrogen-bond acceptors (Lipinski definition) is 5. The molecule has 4 saturated carbocycles. The molecule has 0 atom stereocenters. The molecule has 1 aromatic carbocycles. The van der Waals surface area contributed by atoms with Gasteiger partial charge >= 0.3 is 11.7 Å². The average Bonchev–Trinajstić information content (AvgIpc) is 2.57. The lowest BCUT2D eigenvalue weighted by atomic mass is 9.53. The number of carbonyl (C=O) groups excluding carboxylic acids is 2. The molecule has 3 amide bonds. The molecule has 0 heterocycles. The van der Waals surface area contributed by atoms with Crippen molar-refractivity contribution in [2.24, 2.45) is 17.8 Å². The minimum Gasteiger partial charge on any atom is -0.477 e. The van der Waals surface area contributed by atoms with E-state index in [1.54, 1.807) is 13.0 Å². The summed E-state index contributed by atoms with van der Waals surface area (Å²) < 4.78 is 5.30. The second-order valence-corrected chi connectivity index (χ2v) is 8.72. The summed E-state index contributed by atoms with van der Waals surface area (Å²) in [6.07, 6.45) is 6.78. The highest BCUT2D eigenvalue weighted by atomic mass is 16.6. The Morgan fingerprint density at radius 2 is 1.79 bits per heavy atom. The first-order valence-electron chi connectivity index (χ1n) is 9.82. The Kier molecular flexibility index (Phi) is 4.72. The summed E-state index contributed by atoms with van der Waals surface area (Å²) in [4.78, 5) is 35.0. The van der Waals surface area contributed by atoms with Gasteiger partial charge in [-0.2, -0.15) is 0 Å². The van der Waals surface area contributed by atoms with E-state index in [0.29, 0.717) is 17.8 Å². The number of nitro groups is 1. The summed E-state index contributed by atoms with van der Waals surface area (Å²) in [5, 5.41) is 16.4. The average molecular weight is 387 g/mol. The van der Waals surface area contributed by atoms with Crippen molar-refractivity contribution >= 4 is 17.6 Å². The van der Waals surface area contributed by atoms with Crippen LogP contribution in [-0.2, 0) is 4.79 Å². The van der Waals surface area contributed by atoms with E-state index in [0.717, 1.165) is 24.8 Å². The van der Waals surface area contributed by atoms with Crippen molar-refractivity contribution in [2.75, 3.05) is 6.61 Å². The molecule has 150 valence electrons. The van der Waals surface area contributed by atoms with Gasteiger partial charge in [0.05, 0.1) is 4.92 Å². The van der Waals surface area contributed by atoms with E-state index in [1.165, 1.54) is 31.4 Å². The number of rotatable bonds is 5. The molecular formula is C20H25N3O5. The fraction of sp³-hybridized carbons (Fsp3) is 0.600. The molecule has 4 bridgehead atoms. The summed E-state index contributed by atoms with van der Waals surface area (Å²) >= 11 is 0. The van der Waals surface area contributed by atoms with Crippen molar-refractivity contribution in [1.29, 1.82) is 0 Å². The van der Waals surface area contributed by atoms with Crippen LogP contribution in [0, 0.1) is 34.8 Å². The number of hydrogen-bond donors (Lipinski definition) is 2. The van der Waals surface area contributed by atoms with Crippen LogP contribution in [0.5, 0.6) is 5.75 Å². The Morgan fingerprint density at radius 3 is 2.36 bits per heavy atom. The molecular weight excluding hydrogens is 362 g/mol. The van der Waals surface area contributed by atoms with Crippen LogP contribution in [0.3, 0.4) is 0 Å². The highest BCUT2D eigenvalue weighted by molar-refractivity contribution is 5.95. The predicted octanol–water partition coefficient (Wildman–Crippen LogP) is 3.08. The Morgan fingerprint density at radius 1 is 1.18 bits per heavy atom. The van der Waals surface area contributed by atoms with Crippen molar-refractivity contribution in [3.63, 3.8) is 0 Å². The van der Waals surface area contributed by atoms with Crippen molar-refractivity contribution in [1.82, 2.24) is 10.6 Å². The van der Waals surface area contributed by atoms with E-state index >= 15 is 0 Å². The smallest absolute Gasteiger partial charge is 0.321 e. The first kappa shape index (κ1) is 18.7. The second kappa shape index (κ2) is 7.07. The van der Waals surface area contributed by atoms with Crippen LogP contribution >= 0.6 is 0 Å². The van der Waals surface area contributed by atoms with Crippen LogP contribution in [0.1, 0.15) is 44.1 Å². The molecule has 4 fully saturated rings. The quantitative estimate of drug-likeness (QED) is 0.596. The summed E-state index contributed by atoms with van der Waals surface area (Å²) in [5.41, 5.74) is 0.381. The van der Waals surface area contributed by atoms with Crippen LogP contribution in [0.25, 0.3) is 0 Å². The second-order valence-electron chi connectivity index (χ2n) is 8.72. The van der Waals surface area contributed by atoms with Gasteiger partial charge in [0.2, 0.25) is 0 Å². The lowest BCUT2D eigenvalue weighted by molar-refractivity contribution is -0.385. The van der Waals surface area contributed by atoms with Crippen molar-refractivity contribution in [2.45, 2.75) is 51.0 Å². The van der Waals surface area contributed by atoms with Gasteiger partial charge in [0.1, 0.15) is 0 Å². The first-order chi connectivity index (χ1) is 13.3. The van der Waals surface area contributed by atoms with Crippen LogP contribution < -0.4 is 15.4 Å². The Labute approximate surface area is 163 Å². The number of nitro benzene ring substituents is 1. The zero-order chi connectivity index (χ0) is 19.9. The third kappa shape index (κ3) is 3.81.